The van der Waals surface area contributed by atoms with Crippen molar-refractivity contribution in [3.8, 4) is 0 Å². The van der Waals surface area contributed by atoms with Gasteiger partial charge in [0.1, 0.15) is 11.9 Å². The van der Waals surface area contributed by atoms with Gasteiger partial charge in [0.15, 0.2) is 0 Å². The molecule has 2 atom stereocenters. The Kier molecular flexibility index (Phi) is 7.45. The van der Waals surface area contributed by atoms with E-state index in [9.17, 15) is 14.4 Å². The van der Waals surface area contributed by atoms with Crippen molar-refractivity contribution in [3.63, 3.8) is 0 Å². The van der Waals surface area contributed by atoms with Crippen molar-refractivity contribution in [3.05, 3.63) is 54.2 Å². The molecular weight excluding hydrogens is 406 g/mol. The highest BCUT2D eigenvalue weighted by molar-refractivity contribution is 6.11. The summed E-state index contributed by atoms with van der Waals surface area (Å²) in [4.78, 5) is 43.4. The van der Waals surface area contributed by atoms with Crippen LogP contribution in [-0.4, -0.2) is 46.9 Å². The van der Waals surface area contributed by atoms with Crippen molar-refractivity contribution in [2.45, 2.75) is 51.6 Å². The van der Waals surface area contributed by atoms with Gasteiger partial charge < -0.3 is 16.0 Å². The van der Waals surface area contributed by atoms with Gasteiger partial charge in [-0.2, -0.15) is 0 Å². The van der Waals surface area contributed by atoms with Crippen LogP contribution in [0.2, 0.25) is 0 Å². The Hall–Kier alpha value is -3.42. The number of nitrogen functional groups attached to an aromatic ring is 1. The monoisotopic (exact) mass is 437 g/mol. The topological polar surface area (TPSA) is 109 Å². The van der Waals surface area contributed by atoms with Crippen molar-refractivity contribution in [2.75, 3.05) is 17.7 Å². The van der Waals surface area contributed by atoms with Gasteiger partial charge >= 0.3 is 6.03 Å². The number of para-hydroxylation sites is 1. The number of nitrogens with two attached hydrogens (primary N) is 1. The summed E-state index contributed by atoms with van der Waals surface area (Å²) in [5.74, 6) is 0.565. The van der Waals surface area contributed by atoms with E-state index in [-0.39, 0.29) is 24.3 Å². The third-order valence-corrected chi connectivity index (χ3v) is 5.80. The second-order valence-electron chi connectivity index (χ2n) is 8.28. The minimum absolute atomic E-state index is 0.0870. The van der Waals surface area contributed by atoms with Crippen molar-refractivity contribution in [2.24, 2.45) is 5.92 Å². The normalized spacial score (nSPS) is 18.0. The van der Waals surface area contributed by atoms with E-state index in [1.165, 1.54) is 4.90 Å². The van der Waals surface area contributed by atoms with Gasteiger partial charge in [0.05, 0.1) is 6.42 Å². The number of likely N-dealkylation sites (tertiary alicyclic amines) is 1. The molecule has 0 spiro atoms. The first-order valence-corrected chi connectivity index (χ1v) is 10.9. The first-order valence-electron chi connectivity index (χ1n) is 10.9. The minimum atomic E-state index is -0.709. The van der Waals surface area contributed by atoms with Gasteiger partial charge in [0.25, 0.3) is 5.91 Å². The molecule has 0 bridgehead atoms. The molecule has 32 heavy (non-hydrogen) atoms. The SMILES string of the molecule is CCC(NC(=O)N1C(=O)CC1C(=O)N(C)c1ccccc1)C1CC1.Cc1ccnc(N)c1. The van der Waals surface area contributed by atoms with E-state index in [4.69, 9.17) is 5.73 Å². The predicted molar refractivity (Wildman–Crippen MR) is 124 cm³/mol. The molecule has 2 unspecified atom stereocenters. The van der Waals surface area contributed by atoms with E-state index in [0.29, 0.717) is 11.7 Å². The van der Waals surface area contributed by atoms with Crippen LogP contribution in [0.1, 0.15) is 38.2 Å². The number of carbonyl (C=O) groups excluding carboxylic acids is 3. The third kappa shape index (κ3) is 5.63. The number of likely N-dealkylation sites (N-methyl/N-ethyl adjacent to an activating group) is 1. The summed E-state index contributed by atoms with van der Waals surface area (Å²) < 4.78 is 0. The number of carbonyl (C=O) groups is 3. The lowest BCUT2D eigenvalue weighted by atomic mass is 10.0. The van der Waals surface area contributed by atoms with Crippen LogP contribution in [0.3, 0.4) is 0 Å². The number of aromatic nitrogens is 1. The molecular formula is C24H31N5O3. The van der Waals surface area contributed by atoms with E-state index in [1.807, 2.05) is 56.3 Å². The molecule has 8 heteroatoms. The van der Waals surface area contributed by atoms with Gasteiger partial charge in [-0.05, 0) is 61.9 Å². The third-order valence-electron chi connectivity index (χ3n) is 5.80. The highest BCUT2D eigenvalue weighted by atomic mass is 16.2. The van der Waals surface area contributed by atoms with Gasteiger partial charge in [0.2, 0.25) is 5.91 Å². The number of aryl methyl sites for hydroxylation is 1. The Labute approximate surface area is 188 Å². The molecule has 0 radical (unpaired) electrons. The summed E-state index contributed by atoms with van der Waals surface area (Å²) in [7, 11) is 1.66. The number of hydrogen-bond acceptors (Lipinski definition) is 5. The number of urea groups is 1. The van der Waals surface area contributed by atoms with E-state index in [0.717, 1.165) is 35.4 Å². The van der Waals surface area contributed by atoms with E-state index in [1.54, 1.807) is 13.2 Å². The average molecular weight is 438 g/mol. The highest BCUT2D eigenvalue weighted by Crippen LogP contribution is 2.34. The number of hydrogen-bond donors (Lipinski definition) is 2. The highest BCUT2D eigenvalue weighted by Gasteiger charge is 2.47. The van der Waals surface area contributed by atoms with Crippen molar-refractivity contribution >= 4 is 29.4 Å². The van der Waals surface area contributed by atoms with Crippen LogP contribution in [0.25, 0.3) is 0 Å². The number of β-lactam (4-membered cyclic amide) rings is 1. The summed E-state index contributed by atoms with van der Waals surface area (Å²) in [5, 5.41) is 2.92. The molecule has 2 fully saturated rings. The molecule has 2 aliphatic rings. The van der Waals surface area contributed by atoms with Crippen LogP contribution in [0.5, 0.6) is 0 Å². The standard InChI is InChI=1S/C18H23N3O3.C6H8N2/c1-3-14(12-9-10-12)19-18(24)21-15(11-16(21)22)17(23)20(2)13-7-5-4-6-8-13;1-5-2-3-8-6(7)4-5/h4-8,12,14-15H,3,9-11H2,1-2H3,(H,19,24);2-4H,1H3,(H2,7,8). The number of rotatable bonds is 5. The molecule has 8 nitrogen and oxygen atoms in total. The maximum absolute atomic E-state index is 12.6. The Morgan fingerprint density at radius 1 is 1.25 bits per heavy atom. The largest absolute Gasteiger partial charge is 0.384 e. The van der Waals surface area contributed by atoms with Crippen molar-refractivity contribution in [1.29, 1.82) is 0 Å². The molecule has 1 saturated carbocycles. The molecule has 4 amide bonds. The zero-order valence-corrected chi connectivity index (χ0v) is 18.8. The number of nitrogens with one attached hydrogen (secondary N) is 1. The predicted octanol–water partition coefficient (Wildman–Crippen LogP) is 3.12. The quantitative estimate of drug-likeness (QED) is 0.699. The number of anilines is 2. The Balaban J connectivity index is 0.000000305. The number of imide groups is 1. The van der Waals surface area contributed by atoms with Crippen LogP contribution in [0.4, 0.5) is 16.3 Å². The first kappa shape index (κ1) is 23.2. The van der Waals surface area contributed by atoms with Crippen LogP contribution in [0, 0.1) is 12.8 Å². The molecule has 2 aromatic rings. The second-order valence-corrected chi connectivity index (χ2v) is 8.28. The van der Waals surface area contributed by atoms with E-state index >= 15 is 0 Å². The van der Waals surface area contributed by atoms with Crippen molar-refractivity contribution < 1.29 is 14.4 Å². The molecule has 1 aromatic heterocycles. The molecule has 1 saturated heterocycles. The average Bonchev–Trinajstić information content (AvgIpc) is 3.61. The molecule has 1 aromatic carbocycles. The van der Waals surface area contributed by atoms with Crippen molar-refractivity contribution in [1.82, 2.24) is 15.2 Å². The first-order chi connectivity index (χ1) is 15.3. The fourth-order valence-corrected chi connectivity index (χ4v) is 3.71. The summed E-state index contributed by atoms with van der Waals surface area (Å²) in [5.41, 5.74) is 7.24. The Morgan fingerprint density at radius 2 is 1.94 bits per heavy atom. The lowest BCUT2D eigenvalue weighted by molar-refractivity contribution is -0.147. The fraction of sp³-hybridized carbons (Fsp3) is 0.417. The van der Waals surface area contributed by atoms with Gasteiger partial charge in [-0.15, -0.1) is 0 Å². The minimum Gasteiger partial charge on any atom is -0.384 e. The maximum atomic E-state index is 12.6. The van der Waals surface area contributed by atoms with E-state index in [2.05, 4.69) is 10.3 Å². The molecule has 1 aliphatic carbocycles. The lowest BCUT2D eigenvalue weighted by Crippen LogP contribution is -2.65. The zero-order chi connectivity index (χ0) is 23.3. The summed E-state index contributed by atoms with van der Waals surface area (Å²) in [6.45, 7) is 4.01. The molecule has 3 N–H and O–H groups in total. The Morgan fingerprint density at radius 3 is 2.44 bits per heavy atom. The van der Waals surface area contributed by atoms with Crippen LogP contribution < -0.4 is 16.0 Å². The van der Waals surface area contributed by atoms with Gasteiger partial charge in [0, 0.05) is 25.0 Å². The Bertz CT molecular complexity index is 944. The molecule has 1 aliphatic heterocycles. The number of pyridine rings is 1. The van der Waals surface area contributed by atoms with E-state index < -0.39 is 12.1 Å². The van der Waals surface area contributed by atoms with Crippen LogP contribution in [0.15, 0.2) is 48.7 Å². The van der Waals surface area contributed by atoms with Gasteiger partial charge in [-0.3, -0.25) is 14.5 Å². The second kappa shape index (κ2) is 10.3. The lowest BCUT2D eigenvalue weighted by Gasteiger charge is -2.39. The molecule has 170 valence electrons. The van der Waals surface area contributed by atoms with Crippen LogP contribution >= 0.6 is 0 Å². The summed E-state index contributed by atoms with van der Waals surface area (Å²) in [6.07, 6.45) is 4.85. The summed E-state index contributed by atoms with van der Waals surface area (Å²) >= 11 is 0. The number of benzene rings is 1. The van der Waals surface area contributed by atoms with Crippen LogP contribution in [-0.2, 0) is 9.59 Å². The molecule has 2 heterocycles. The zero-order valence-electron chi connectivity index (χ0n) is 18.8. The smallest absolute Gasteiger partial charge is 0.325 e. The summed E-state index contributed by atoms with van der Waals surface area (Å²) in [6, 6.07) is 11.9. The van der Waals surface area contributed by atoms with Gasteiger partial charge in [-0.1, -0.05) is 25.1 Å². The molecule has 4 rings (SSSR count). The number of nitrogens with zero attached hydrogens (tertiary/aromatic N) is 3. The maximum Gasteiger partial charge on any atom is 0.325 e. The van der Waals surface area contributed by atoms with Gasteiger partial charge in [-0.25, -0.2) is 9.78 Å². The number of amides is 4. The fourth-order valence-electron chi connectivity index (χ4n) is 3.71.